The second-order valence-corrected chi connectivity index (χ2v) is 8.40. The molecule has 0 saturated carbocycles. The molecule has 1 aliphatic rings. The van der Waals surface area contributed by atoms with Gasteiger partial charge in [-0.15, -0.1) is 10.2 Å². The van der Waals surface area contributed by atoms with E-state index in [1.807, 2.05) is 13.8 Å². The van der Waals surface area contributed by atoms with Gasteiger partial charge in [0.25, 0.3) is 0 Å². The molecule has 0 spiro atoms. The summed E-state index contributed by atoms with van der Waals surface area (Å²) in [7, 11) is 0. The van der Waals surface area contributed by atoms with Crippen LogP contribution in [0, 0.1) is 5.92 Å². The molecule has 25 heavy (non-hydrogen) atoms. The first-order valence-electron chi connectivity index (χ1n) is 9.02. The topological polar surface area (TPSA) is 72.3 Å². The molecule has 1 fully saturated rings. The first-order chi connectivity index (χ1) is 11.8. The van der Waals surface area contributed by atoms with Crippen LogP contribution in [0.4, 0.5) is 5.95 Å². The summed E-state index contributed by atoms with van der Waals surface area (Å²) in [6.45, 7) is 14.4. The number of nitrogens with one attached hydrogen (secondary N) is 1. The quantitative estimate of drug-likeness (QED) is 0.708. The number of anilines is 1. The zero-order chi connectivity index (χ0) is 18.4. The molecular formula is C17H31N5O2S. The van der Waals surface area contributed by atoms with Gasteiger partial charge in [-0.2, -0.15) is 0 Å². The van der Waals surface area contributed by atoms with Crippen molar-refractivity contribution in [3.05, 3.63) is 0 Å². The van der Waals surface area contributed by atoms with Gasteiger partial charge in [0, 0.05) is 25.2 Å². The smallest absolute Gasteiger partial charge is 0.230 e. The molecule has 1 aliphatic heterocycles. The van der Waals surface area contributed by atoms with Gasteiger partial charge in [0.05, 0.1) is 19.0 Å². The van der Waals surface area contributed by atoms with Crippen molar-refractivity contribution in [3.63, 3.8) is 0 Å². The highest BCUT2D eigenvalue weighted by Gasteiger charge is 2.23. The third-order valence-electron chi connectivity index (χ3n) is 4.23. The number of thioether (sulfide) groups is 1. The molecule has 2 rings (SSSR count). The van der Waals surface area contributed by atoms with Crippen LogP contribution >= 0.6 is 11.8 Å². The minimum atomic E-state index is -0.178. The summed E-state index contributed by atoms with van der Waals surface area (Å²) in [6.07, 6.45) is 0.897. The summed E-state index contributed by atoms with van der Waals surface area (Å²) < 4.78 is 7.57. The lowest BCUT2D eigenvalue weighted by molar-refractivity contribution is -0.120. The lowest BCUT2D eigenvalue weighted by Gasteiger charge is -2.28. The van der Waals surface area contributed by atoms with Crippen LogP contribution in [0.25, 0.3) is 0 Å². The van der Waals surface area contributed by atoms with E-state index in [0.717, 1.165) is 37.2 Å². The molecule has 0 radical (unpaired) electrons. The largest absolute Gasteiger partial charge is 0.378 e. The number of rotatable bonds is 8. The number of morpholine rings is 1. The molecule has 1 aromatic rings. The highest BCUT2D eigenvalue weighted by molar-refractivity contribution is 7.99. The summed E-state index contributed by atoms with van der Waals surface area (Å²) in [5, 5.41) is 12.6. The van der Waals surface area contributed by atoms with Crippen molar-refractivity contribution in [2.45, 2.75) is 58.3 Å². The monoisotopic (exact) mass is 369 g/mol. The summed E-state index contributed by atoms with van der Waals surface area (Å²) in [6, 6.07) is 0. The van der Waals surface area contributed by atoms with Crippen molar-refractivity contribution in [1.82, 2.24) is 20.1 Å². The Morgan fingerprint density at radius 1 is 1.32 bits per heavy atom. The molecule has 1 saturated heterocycles. The van der Waals surface area contributed by atoms with Crippen LogP contribution in [0.15, 0.2) is 5.16 Å². The van der Waals surface area contributed by atoms with Gasteiger partial charge in [0.2, 0.25) is 11.9 Å². The summed E-state index contributed by atoms with van der Waals surface area (Å²) in [4.78, 5) is 14.4. The fourth-order valence-corrected chi connectivity index (χ4v) is 3.28. The normalized spacial score (nSPS) is 15.7. The Morgan fingerprint density at radius 2 is 2.00 bits per heavy atom. The maximum atomic E-state index is 12.2. The number of amides is 1. The molecule has 7 nitrogen and oxygen atoms in total. The highest BCUT2D eigenvalue weighted by atomic mass is 32.2. The van der Waals surface area contributed by atoms with Crippen molar-refractivity contribution in [1.29, 1.82) is 0 Å². The van der Waals surface area contributed by atoms with Crippen molar-refractivity contribution in [2.24, 2.45) is 5.92 Å². The van der Waals surface area contributed by atoms with Crippen LogP contribution in [0.3, 0.4) is 0 Å². The standard InChI is InChI=1S/C17H31N5O2S/c1-6-17(4,5)18-14(23)12-25-16-20-19-15(22(16)11-13(2)3)21-7-9-24-10-8-21/h13H,6-12H2,1-5H3,(H,18,23). The van der Waals surface area contributed by atoms with E-state index in [1.54, 1.807) is 0 Å². The average Bonchev–Trinajstić information content (AvgIpc) is 2.95. The Labute approximate surface area is 154 Å². The van der Waals surface area contributed by atoms with Gasteiger partial charge in [0.1, 0.15) is 0 Å². The fourth-order valence-electron chi connectivity index (χ4n) is 2.54. The van der Waals surface area contributed by atoms with Crippen molar-refractivity contribution >= 4 is 23.6 Å². The lowest BCUT2D eigenvalue weighted by Crippen LogP contribution is -2.43. The third kappa shape index (κ3) is 5.88. The van der Waals surface area contributed by atoms with Crippen molar-refractivity contribution in [2.75, 3.05) is 37.0 Å². The van der Waals surface area contributed by atoms with Crippen LogP contribution < -0.4 is 10.2 Å². The second kappa shape index (κ2) is 8.89. The Kier molecular flexibility index (Phi) is 7.13. The van der Waals surface area contributed by atoms with Crippen LogP contribution in [-0.2, 0) is 16.1 Å². The van der Waals surface area contributed by atoms with Crippen molar-refractivity contribution < 1.29 is 9.53 Å². The van der Waals surface area contributed by atoms with Crippen molar-refractivity contribution in [3.8, 4) is 0 Å². The Bertz CT molecular complexity index is 567. The number of ether oxygens (including phenoxy) is 1. The maximum Gasteiger partial charge on any atom is 0.230 e. The third-order valence-corrected chi connectivity index (χ3v) is 5.20. The molecule has 1 N–H and O–H groups in total. The number of carbonyl (C=O) groups is 1. The molecule has 0 bridgehead atoms. The van der Waals surface area contributed by atoms with Gasteiger partial charge in [-0.3, -0.25) is 9.36 Å². The van der Waals surface area contributed by atoms with Crippen LogP contribution in [-0.4, -0.2) is 58.3 Å². The van der Waals surface area contributed by atoms with E-state index in [4.69, 9.17) is 4.74 Å². The number of aromatic nitrogens is 3. The van der Waals surface area contributed by atoms with E-state index in [0.29, 0.717) is 24.9 Å². The van der Waals surface area contributed by atoms with E-state index in [2.05, 4.69) is 45.8 Å². The molecule has 1 amide bonds. The number of carbonyl (C=O) groups excluding carboxylic acids is 1. The average molecular weight is 370 g/mol. The van der Waals surface area contributed by atoms with E-state index in [9.17, 15) is 4.79 Å². The second-order valence-electron chi connectivity index (χ2n) is 7.46. The molecule has 0 atom stereocenters. The van der Waals surface area contributed by atoms with E-state index >= 15 is 0 Å². The number of nitrogens with zero attached hydrogens (tertiary/aromatic N) is 4. The van der Waals surface area contributed by atoms with E-state index in [-0.39, 0.29) is 11.4 Å². The van der Waals surface area contributed by atoms with Gasteiger partial charge < -0.3 is 15.0 Å². The summed E-state index contributed by atoms with van der Waals surface area (Å²) >= 11 is 1.45. The van der Waals surface area contributed by atoms with Gasteiger partial charge in [-0.25, -0.2) is 0 Å². The molecule has 0 aliphatic carbocycles. The molecule has 0 aromatic carbocycles. The van der Waals surface area contributed by atoms with Gasteiger partial charge >= 0.3 is 0 Å². The first kappa shape index (κ1) is 20.0. The van der Waals surface area contributed by atoms with Crippen LogP contribution in [0.1, 0.15) is 41.0 Å². The zero-order valence-electron chi connectivity index (χ0n) is 16.0. The number of hydrogen-bond donors (Lipinski definition) is 1. The van der Waals surface area contributed by atoms with Crippen LogP contribution in [0.5, 0.6) is 0 Å². The van der Waals surface area contributed by atoms with E-state index < -0.39 is 0 Å². The van der Waals surface area contributed by atoms with E-state index in [1.165, 1.54) is 11.8 Å². The molecular weight excluding hydrogens is 338 g/mol. The lowest BCUT2D eigenvalue weighted by atomic mass is 10.0. The first-order valence-corrected chi connectivity index (χ1v) is 10.0. The fraction of sp³-hybridized carbons (Fsp3) is 0.824. The minimum absolute atomic E-state index is 0.0314. The zero-order valence-corrected chi connectivity index (χ0v) is 16.9. The summed E-state index contributed by atoms with van der Waals surface area (Å²) in [5.74, 6) is 1.74. The molecule has 8 heteroatoms. The highest BCUT2D eigenvalue weighted by Crippen LogP contribution is 2.24. The maximum absolute atomic E-state index is 12.2. The van der Waals surface area contributed by atoms with Gasteiger partial charge in [-0.1, -0.05) is 32.5 Å². The Hall–Kier alpha value is -1.28. The SMILES string of the molecule is CCC(C)(C)NC(=O)CSc1nnc(N2CCOCC2)n1CC(C)C. The number of hydrogen-bond acceptors (Lipinski definition) is 6. The predicted octanol–water partition coefficient (Wildman–Crippen LogP) is 2.17. The molecule has 1 aromatic heterocycles. The predicted molar refractivity (Wildman–Crippen MR) is 101 cm³/mol. The Morgan fingerprint density at radius 3 is 2.60 bits per heavy atom. The Balaban J connectivity index is 2.06. The van der Waals surface area contributed by atoms with Gasteiger partial charge in [0.15, 0.2) is 5.16 Å². The molecule has 0 unspecified atom stereocenters. The van der Waals surface area contributed by atoms with Crippen LogP contribution in [0.2, 0.25) is 0 Å². The summed E-state index contributed by atoms with van der Waals surface area (Å²) in [5.41, 5.74) is -0.178. The van der Waals surface area contributed by atoms with Gasteiger partial charge in [-0.05, 0) is 26.2 Å². The molecule has 142 valence electrons. The molecule has 2 heterocycles. The minimum Gasteiger partial charge on any atom is -0.378 e.